The number of ether oxygens (including phenoxy) is 2. The fraction of sp³-hybridized carbons (Fsp3) is 0.320. The van der Waals surface area contributed by atoms with Crippen LogP contribution in [-0.4, -0.2) is 47.3 Å². The first-order valence-electron chi connectivity index (χ1n) is 11.1. The van der Waals surface area contributed by atoms with Gasteiger partial charge < -0.3 is 19.8 Å². The van der Waals surface area contributed by atoms with Crippen molar-refractivity contribution in [1.82, 2.24) is 20.2 Å². The number of H-pyrrole nitrogens is 1. The largest absolute Gasteiger partial charge is 0.493 e. The number of methoxy groups -OCH3 is 2. The molecule has 0 fully saturated rings. The van der Waals surface area contributed by atoms with Gasteiger partial charge in [-0.3, -0.25) is 14.5 Å². The van der Waals surface area contributed by atoms with Crippen molar-refractivity contribution in [3.63, 3.8) is 0 Å². The maximum absolute atomic E-state index is 13.1. The molecular formula is C25H27FN4O4S. The molecule has 0 spiro atoms. The molecule has 35 heavy (non-hydrogen) atoms. The number of amides is 1. The molecule has 8 nitrogen and oxygen atoms in total. The molecule has 1 aromatic heterocycles. The second-order valence-corrected chi connectivity index (χ2v) is 9.10. The van der Waals surface area contributed by atoms with Crippen LogP contribution in [0.4, 0.5) is 4.39 Å². The Morgan fingerprint density at radius 2 is 1.89 bits per heavy atom. The van der Waals surface area contributed by atoms with Crippen LogP contribution in [0.1, 0.15) is 22.4 Å². The van der Waals surface area contributed by atoms with Crippen LogP contribution in [0.2, 0.25) is 0 Å². The molecule has 1 amide bonds. The van der Waals surface area contributed by atoms with Gasteiger partial charge in [-0.05, 0) is 35.4 Å². The monoisotopic (exact) mass is 498 g/mol. The molecule has 10 heteroatoms. The third kappa shape index (κ3) is 6.40. The Hall–Kier alpha value is -3.37. The van der Waals surface area contributed by atoms with Gasteiger partial charge in [0.15, 0.2) is 16.7 Å². The Kier molecular flexibility index (Phi) is 8.04. The smallest absolute Gasteiger partial charge is 0.256 e. The fourth-order valence-corrected chi connectivity index (χ4v) is 4.60. The van der Waals surface area contributed by atoms with E-state index in [1.807, 2.05) is 12.1 Å². The highest BCUT2D eigenvalue weighted by Gasteiger charge is 2.21. The Morgan fingerprint density at radius 3 is 2.63 bits per heavy atom. The second kappa shape index (κ2) is 11.4. The SMILES string of the molecule is COc1ccc(CNC(=O)CSc2nc3c(c(=O)[nH]2)CN(Cc2ccc(F)cc2)CC3)cc1OC. The van der Waals surface area contributed by atoms with Gasteiger partial charge in [0.1, 0.15) is 5.82 Å². The first-order valence-corrected chi connectivity index (χ1v) is 12.1. The standard InChI is InChI=1S/C25H27FN4O4S/c1-33-21-8-5-17(11-22(21)34-2)12-27-23(31)15-35-25-28-20-9-10-30(14-19(20)24(32)29-25)13-16-3-6-18(26)7-4-16/h3-8,11H,9-10,12-15H2,1-2H3,(H,27,31)(H,28,29,32). The Balaban J connectivity index is 1.31. The lowest BCUT2D eigenvalue weighted by Gasteiger charge is -2.27. The molecule has 0 radical (unpaired) electrons. The number of halogens is 1. The summed E-state index contributed by atoms with van der Waals surface area (Å²) in [5.41, 5.74) is 3.09. The van der Waals surface area contributed by atoms with E-state index in [9.17, 15) is 14.0 Å². The summed E-state index contributed by atoms with van der Waals surface area (Å²) < 4.78 is 23.6. The summed E-state index contributed by atoms with van der Waals surface area (Å²) in [5.74, 6) is 0.916. The first kappa shape index (κ1) is 24.7. The Bertz CT molecular complexity index is 1250. The molecule has 0 saturated carbocycles. The Labute approximate surface area is 206 Å². The zero-order valence-corrected chi connectivity index (χ0v) is 20.4. The highest BCUT2D eigenvalue weighted by atomic mass is 32.2. The molecule has 4 rings (SSSR count). The minimum atomic E-state index is -0.266. The van der Waals surface area contributed by atoms with Crippen LogP contribution < -0.4 is 20.3 Å². The average molecular weight is 499 g/mol. The summed E-state index contributed by atoms with van der Waals surface area (Å²) >= 11 is 1.20. The van der Waals surface area contributed by atoms with Gasteiger partial charge in [-0.1, -0.05) is 30.0 Å². The number of aromatic amines is 1. The molecule has 3 aromatic rings. The van der Waals surface area contributed by atoms with Gasteiger partial charge in [0.2, 0.25) is 5.91 Å². The van der Waals surface area contributed by atoms with Gasteiger partial charge in [-0.15, -0.1) is 0 Å². The molecule has 0 bridgehead atoms. The van der Waals surface area contributed by atoms with Gasteiger partial charge in [-0.25, -0.2) is 9.37 Å². The van der Waals surface area contributed by atoms with Crippen molar-refractivity contribution in [2.45, 2.75) is 31.2 Å². The summed E-state index contributed by atoms with van der Waals surface area (Å²) in [6.07, 6.45) is 0.638. The van der Waals surface area contributed by atoms with Crippen molar-refractivity contribution in [3.8, 4) is 11.5 Å². The fourth-order valence-electron chi connectivity index (χ4n) is 3.89. The third-order valence-corrected chi connectivity index (χ3v) is 6.60. The summed E-state index contributed by atoms with van der Waals surface area (Å²) in [4.78, 5) is 34.5. The average Bonchev–Trinajstić information content (AvgIpc) is 2.87. The van der Waals surface area contributed by atoms with E-state index in [4.69, 9.17) is 9.47 Å². The lowest BCUT2D eigenvalue weighted by Crippen LogP contribution is -2.35. The van der Waals surface area contributed by atoms with E-state index in [1.165, 1.54) is 23.9 Å². The van der Waals surface area contributed by atoms with Crippen molar-refractivity contribution >= 4 is 17.7 Å². The predicted octanol–water partition coefficient (Wildman–Crippen LogP) is 2.89. The van der Waals surface area contributed by atoms with Crippen molar-refractivity contribution in [2.75, 3.05) is 26.5 Å². The van der Waals surface area contributed by atoms with E-state index >= 15 is 0 Å². The second-order valence-electron chi connectivity index (χ2n) is 8.14. The molecule has 1 aliphatic heterocycles. The molecule has 0 saturated heterocycles. The van der Waals surface area contributed by atoms with E-state index in [0.717, 1.165) is 23.4 Å². The Morgan fingerprint density at radius 1 is 1.14 bits per heavy atom. The van der Waals surface area contributed by atoms with E-state index in [-0.39, 0.29) is 23.0 Å². The van der Waals surface area contributed by atoms with Crippen LogP contribution in [0.3, 0.4) is 0 Å². The summed E-state index contributed by atoms with van der Waals surface area (Å²) in [6.45, 7) is 2.20. The first-order chi connectivity index (χ1) is 16.9. The molecule has 0 unspecified atom stereocenters. The number of hydrogen-bond acceptors (Lipinski definition) is 7. The highest BCUT2D eigenvalue weighted by molar-refractivity contribution is 7.99. The minimum absolute atomic E-state index is 0.131. The van der Waals surface area contributed by atoms with Crippen LogP contribution in [0, 0.1) is 5.82 Å². The number of thioether (sulfide) groups is 1. The quantitative estimate of drug-likeness (QED) is 0.346. The van der Waals surface area contributed by atoms with E-state index in [1.54, 1.807) is 32.4 Å². The van der Waals surface area contributed by atoms with E-state index in [2.05, 4.69) is 20.2 Å². The summed E-state index contributed by atoms with van der Waals surface area (Å²) in [6, 6.07) is 11.8. The number of carbonyl (C=O) groups excluding carboxylic acids is 1. The molecule has 1 aliphatic rings. The van der Waals surface area contributed by atoms with Crippen LogP contribution in [0.15, 0.2) is 52.4 Å². The lowest BCUT2D eigenvalue weighted by atomic mass is 10.1. The maximum Gasteiger partial charge on any atom is 0.256 e. The van der Waals surface area contributed by atoms with Gasteiger partial charge in [-0.2, -0.15) is 0 Å². The zero-order valence-electron chi connectivity index (χ0n) is 19.6. The van der Waals surface area contributed by atoms with Gasteiger partial charge in [0.05, 0.1) is 31.2 Å². The molecule has 2 aromatic carbocycles. The number of nitrogens with zero attached hydrogens (tertiary/aromatic N) is 2. The molecule has 2 N–H and O–H groups in total. The van der Waals surface area contributed by atoms with E-state index in [0.29, 0.717) is 48.3 Å². The number of hydrogen-bond donors (Lipinski definition) is 2. The van der Waals surface area contributed by atoms with Crippen LogP contribution in [0.5, 0.6) is 11.5 Å². The van der Waals surface area contributed by atoms with Crippen molar-refractivity contribution in [3.05, 3.63) is 81.0 Å². The van der Waals surface area contributed by atoms with Gasteiger partial charge in [0, 0.05) is 32.6 Å². The number of benzene rings is 2. The number of aromatic nitrogens is 2. The van der Waals surface area contributed by atoms with Crippen LogP contribution in [-0.2, 0) is 30.8 Å². The summed E-state index contributed by atoms with van der Waals surface area (Å²) in [5, 5.41) is 3.29. The molecular weight excluding hydrogens is 471 g/mol. The number of carbonyl (C=O) groups is 1. The highest BCUT2D eigenvalue weighted by Crippen LogP contribution is 2.27. The minimum Gasteiger partial charge on any atom is -0.493 e. The van der Waals surface area contributed by atoms with Gasteiger partial charge >= 0.3 is 0 Å². The van der Waals surface area contributed by atoms with Crippen molar-refractivity contribution < 1.29 is 18.7 Å². The zero-order chi connectivity index (χ0) is 24.8. The third-order valence-electron chi connectivity index (χ3n) is 5.72. The van der Waals surface area contributed by atoms with Crippen molar-refractivity contribution in [2.24, 2.45) is 0 Å². The topological polar surface area (TPSA) is 96.5 Å². The number of nitrogens with one attached hydrogen (secondary N) is 2. The van der Waals surface area contributed by atoms with E-state index < -0.39 is 0 Å². The number of fused-ring (bicyclic) bond motifs is 1. The predicted molar refractivity (Wildman–Crippen MR) is 131 cm³/mol. The van der Waals surface area contributed by atoms with Crippen molar-refractivity contribution in [1.29, 1.82) is 0 Å². The number of rotatable bonds is 9. The molecule has 0 aliphatic carbocycles. The molecule has 2 heterocycles. The molecule has 0 atom stereocenters. The van der Waals surface area contributed by atoms with Crippen LogP contribution in [0.25, 0.3) is 0 Å². The van der Waals surface area contributed by atoms with Crippen LogP contribution >= 0.6 is 11.8 Å². The summed E-state index contributed by atoms with van der Waals surface area (Å²) in [7, 11) is 3.13. The van der Waals surface area contributed by atoms with Gasteiger partial charge in [0.25, 0.3) is 5.56 Å². The maximum atomic E-state index is 13.1. The lowest BCUT2D eigenvalue weighted by molar-refractivity contribution is -0.118. The normalized spacial score (nSPS) is 13.2. The molecule has 184 valence electrons.